The first-order valence-corrected chi connectivity index (χ1v) is 17.6. The molecule has 1 aromatic heterocycles. The summed E-state index contributed by atoms with van der Waals surface area (Å²) in [4.78, 5) is 78.1. The van der Waals surface area contributed by atoms with Gasteiger partial charge in [-0.25, -0.2) is 9.78 Å². The highest BCUT2D eigenvalue weighted by Crippen LogP contribution is 2.43. The summed E-state index contributed by atoms with van der Waals surface area (Å²) in [6, 6.07) is 20.9. The Morgan fingerprint density at radius 2 is 1.67 bits per heavy atom. The van der Waals surface area contributed by atoms with Crippen LogP contribution in [0.1, 0.15) is 75.1 Å². The molecule has 1 N–H and O–H groups in total. The van der Waals surface area contributed by atoms with Gasteiger partial charge in [-0.3, -0.25) is 24.1 Å². The molecule has 0 spiro atoms. The van der Waals surface area contributed by atoms with Crippen molar-refractivity contribution in [2.24, 2.45) is 4.99 Å². The topological polar surface area (TPSA) is 161 Å². The molecule has 0 saturated heterocycles. The SMILES string of the molecule is CCOC(=O)CCCCCOc1cc(C)ccc1N(C)C(=O)c1ccc(-c2cccc3[nH]c(CN4C(=O)c5ccccc5C4=O)nc23)c(OC)c1N=C=O. The van der Waals surface area contributed by atoms with E-state index < -0.39 is 17.7 Å². The third-order valence-corrected chi connectivity index (χ3v) is 9.13. The minimum absolute atomic E-state index is 0.0168. The molecule has 13 nitrogen and oxygen atoms in total. The monoisotopic (exact) mass is 729 g/mol. The molecular weight excluding hydrogens is 690 g/mol. The lowest BCUT2D eigenvalue weighted by molar-refractivity contribution is -0.143. The Bertz CT molecular complexity index is 2270. The fourth-order valence-corrected chi connectivity index (χ4v) is 6.49. The lowest BCUT2D eigenvalue weighted by atomic mass is 9.98. The minimum Gasteiger partial charge on any atom is -0.494 e. The van der Waals surface area contributed by atoms with E-state index in [0.29, 0.717) is 83.0 Å². The molecule has 13 heteroatoms. The van der Waals surface area contributed by atoms with Crippen LogP contribution in [0.2, 0.25) is 0 Å². The van der Waals surface area contributed by atoms with Crippen molar-refractivity contribution in [3.63, 3.8) is 0 Å². The van der Waals surface area contributed by atoms with Crippen LogP contribution in [0.15, 0.2) is 77.8 Å². The number of carbonyl (C=O) groups is 4. The number of hydrogen-bond acceptors (Lipinski definition) is 10. The van der Waals surface area contributed by atoms with E-state index in [4.69, 9.17) is 19.2 Å². The molecule has 3 amide bonds. The number of imidazole rings is 1. The number of carbonyl (C=O) groups excluding carboxylic acids is 5. The number of para-hydroxylation sites is 1. The first-order chi connectivity index (χ1) is 26.2. The fraction of sp³-hybridized carbons (Fsp3) is 0.268. The molecule has 0 aliphatic carbocycles. The molecule has 6 rings (SSSR count). The molecule has 1 aliphatic rings. The summed E-state index contributed by atoms with van der Waals surface area (Å²) in [5.41, 5.74) is 4.45. The number of aromatic amines is 1. The van der Waals surface area contributed by atoms with E-state index in [0.717, 1.165) is 16.9 Å². The van der Waals surface area contributed by atoms with E-state index in [2.05, 4.69) is 9.98 Å². The number of aryl methyl sites for hydroxylation is 1. The van der Waals surface area contributed by atoms with E-state index in [1.54, 1.807) is 68.6 Å². The molecule has 0 atom stereocenters. The molecule has 54 heavy (non-hydrogen) atoms. The normalized spacial score (nSPS) is 12.0. The number of benzene rings is 4. The molecular formula is C41H39N5O8. The van der Waals surface area contributed by atoms with Gasteiger partial charge in [0.15, 0.2) is 5.75 Å². The zero-order valence-electron chi connectivity index (χ0n) is 30.4. The highest BCUT2D eigenvalue weighted by molar-refractivity contribution is 6.21. The van der Waals surface area contributed by atoms with Gasteiger partial charge in [0.2, 0.25) is 6.08 Å². The number of esters is 1. The second-order valence-corrected chi connectivity index (χ2v) is 12.7. The van der Waals surface area contributed by atoms with E-state index in [1.165, 1.54) is 12.0 Å². The van der Waals surface area contributed by atoms with Gasteiger partial charge >= 0.3 is 5.97 Å². The maximum atomic E-state index is 14.1. The van der Waals surface area contributed by atoms with Gasteiger partial charge in [-0.15, -0.1) is 0 Å². The number of aromatic nitrogens is 2. The van der Waals surface area contributed by atoms with Crippen LogP contribution < -0.4 is 14.4 Å². The summed E-state index contributed by atoms with van der Waals surface area (Å²) in [5.74, 6) is -0.442. The predicted molar refractivity (Wildman–Crippen MR) is 201 cm³/mol. The number of isocyanates is 1. The number of methoxy groups -OCH3 is 1. The van der Waals surface area contributed by atoms with Crippen molar-refractivity contribution >= 4 is 52.2 Å². The number of imide groups is 1. The Morgan fingerprint density at radius 3 is 2.37 bits per heavy atom. The maximum absolute atomic E-state index is 14.1. The lowest BCUT2D eigenvalue weighted by Gasteiger charge is -2.23. The van der Waals surface area contributed by atoms with Crippen molar-refractivity contribution in [2.45, 2.75) is 46.1 Å². The minimum atomic E-state index is -0.474. The first-order valence-electron chi connectivity index (χ1n) is 17.6. The van der Waals surface area contributed by atoms with Gasteiger partial charge in [-0.05, 0) is 81.1 Å². The molecule has 2 heterocycles. The summed E-state index contributed by atoms with van der Waals surface area (Å²) in [6.07, 6.45) is 4.08. The van der Waals surface area contributed by atoms with E-state index >= 15 is 0 Å². The smallest absolute Gasteiger partial charge is 0.305 e. The largest absolute Gasteiger partial charge is 0.494 e. The van der Waals surface area contributed by atoms with Crippen LogP contribution in [0.25, 0.3) is 22.2 Å². The van der Waals surface area contributed by atoms with Crippen LogP contribution >= 0.6 is 0 Å². The Labute approximate surface area is 311 Å². The Morgan fingerprint density at radius 1 is 0.926 bits per heavy atom. The van der Waals surface area contributed by atoms with E-state index in [9.17, 15) is 24.0 Å². The zero-order chi connectivity index (χ0) is 38.4. The summed E-state index contributed by atoms with van der Waals surface area (Å²) >= 11 is 0. The molecule has 0 bridgehead atoms. The van der Waals surface area contributed by atoms with Gasteiger partial charge < -0.3 is 24.1 Å². The molecule has 4 aromatic carbocycles. The van der Waals surface area contributed by atoms with Crippen LogP contribution in [-0.2, 0) is 20.9 Å². The molecule has 0 radical (unpaired) electrons. The maximum Gasteiger partial charge on any atom is 0.305 e. The molecule has 276 valence electrons. The first kappa shape index (κ1) is 37.2. The number of unbranched alkanes of at least 4 members (excludes halogenated alkanes) is 2. The van der Waals surface area contributed by atoms with E-state index in [1.807, 2.05) is 31.2 Å². The third kappa shape index (κ3) is 7.48. The summed E-state index contributed by atoms with van der Waals surface area (Å²) in [7, 11) is 3.02. The number of nitrogens with zero attached hydrogens (tertiary/aromatic N) is 4. The van der Waals surface area contributed by atoms with Crippen molar-refractivity contribution in [2.75, 3.05) is 32.3 Å². The van der Waals surface area contributed by atoms with E-state index in [-0.39, 0.29) is 29.5 Å². The summed E-state index contributed by atoms with van der Waals surface area (Å²) < 4.78 is 16.9. The van der Waals surface area contributed by atoms with Crippen LogP contribution in [0.3, 0.4) is 0 Å². The highest BCUT2D eigenvalue weighted by atomic mass is 16.5. The Balaban J connectivity index is 1.26. The van der Waals surface area contributed by atoms with Gasteiger partial charge in [0.25, 0.3) is 17.7 Å². The van der Waals surface area contributed by atoms with Gasteiger partial charge in [-0.1, -0.05) is 30.3 Å². The highest BCUT2D eigenvalue weighted by Gasteiger charge is 2.36. The number of amides is 3. The van der Waals surface area contributed by atoms with Crippen LogP contribution in [0.4, 0.5) is 11.4 Å². The number of hydrogen-bond donors (Lipinski definition) is 1. The van der Waals surface area contributed by atoms with Gasteiger partial charge in [-0.2, -0.15) is 4.99 Å². The van der Waals surface area contributed by atoms with Crippen molar-refractivity contribution in [3.05, 3.63) is 101 Å². The number of H-pyrrole nitrogens is 1. The van der Waals surface area contributed by atoms with Crippen LogP contribution in [0, 0.1) is 6.92 Å². The zero-order valence-corrected chi connectivity index (χ0v) is 30.4. The predicted octanol–water partition coefficient (Wildman–Crippen LogP) is 7.09. The second-order valence-electron chi connectivity index (χ2n) is 12.7. The summed E-state index contributed by atoms with van der Waals surface area (Å²) in [5, 5.41) is 0. The standard InChI is InChI=1S/C41H39N5O8/c1-5-53-35(48)16-7-6-10-21-54-33-22-25(2)17-20-32(33)45(3)39(49)30-19-18-27(38(52-4)37(30)42-24-47)26-14-11-15-31-36(26)44-34(43-31)23-46-40(50)28-12-8-9-13-29(28)41(46)51/h8-9,11-15,17-20,22H,5-7,10,16,21,23H2,1-4H3,(H,43,44). The number of nitrogens with one attached hydrogen (secondary N) is 1. The second kappa shape index (κ2) is 16.4. The Hall–Kier alpha value is -6.59. The molecule has 5 aromatic rings. The van der Waals surface area contributed by atoms with Crippen molar-refractivity contribution in [1.82, 2.24) is 14.9 Å². The van der Waals surface area contributed by atoms with Crippen molar-refractivity contribution < 1.29 is 38.2 Å². The number of aliphatic imine (C=N–C) groups is 1. The molecule has 1 aliphatic heterocycles. The lowest BCUT2D eigenvalue weighted by Crippen LogP contribution is -2.29. The Kier molecular flexibility index (Phi) is 11.3. The average Bonchev–Trinajstić information content (AvgIpc) is 3.70. The van der Waals surface area contributed by atoms with Crippen molar-refractivity contribution in [1.29, 1.82) is 0 Å². The third-order valence-electron chi connectivity index (χ3n) is 9.13. The van der Waals surface area contributed by atoms with Crippen LogP contribution in [-0.4, -0.2) is 72.0 Å². The number of ether oxygens (including phenoxy) is 3. The van der Waals surface area contributed by atoms with Gasteiger partial charge in [0, 0.05) is 24.6 Å². The molecule has 0 unspecified atom stereocenters. The van der Waals surface area contributed by atoms with Gasteiger partial charge in [0.1, 0.15) is 17.3 Å². The van der Waals surface area contributed by atoms with Crippen LogP contribution in [0.5, 0.6) is 11.5 Å². The van der Waals surface area contributed by atoms with Gasteiger partial charge in [0.05, 0.1) is 60.3 Å². The van der Waals surface area contributed by atoms with Crippen molar-refractivity contribution in [3.8, 4) is 22.6 Å². The number of anilines is 1. The quantitative estimate of drug-likeness (QED) is 0.0390. The summed E-state index contributed by atoms with van der Waals surface area (Å²) in [6.45, 7) is 4.37. The number of rotatable bonds is 15. The molecule has 0 fully saturated rings. The average molecular weight is 730 g/mol. The number of fused-ring (bicyclic) bond motifs is 2. The fourth-order valence-electron chi connectivity index (χ4n) is 6.49. The molecule has 0 saturated carbocycles.